The molecule has 7 rings (SSSR count). The largest absolute Gasteiger partial charge is 0.457 e. The van der Waals surface area contributed by atoms with E-state index in [0.29, 0.717) is 11.3 Å². The van der Waals surface area contributed by atoms with Crippen molar-refractivity contribution < 1.29 is 9.47 Å². The van der Waals surface area contributed by atoms with Crippen molar-refractivity contribution in [1.29, 1.82) is 5.26 Å². The minimum atomic E-state index is -0.242. The molecule has 0 atom stereocenters. The van der Waals surface area contributed by atoms with Gasteiger partial charge in [-0.25, -0.2) is 4.85 Å². The Kier molecular flexibility index (Phi) is 5.89. The highest BCUT2D eigenvalue weighted by Crippen LogP contribution is 2.53. The van der Waals surface area contributed by atoms with Crippen molar-refractivity contribution in [2.24, 2.45) is 0 Å². The average molecular weight is 545 g/mol. The molecule has 0 aliphatic carbocycles. The van der Waals surface area contributed by atoms with Gasteiger partial charge < -0.3 is 9.47 Å². The Morgan fingerprint density at radius 1 is 0.548 bits per heavy atom. The smallest absolute Gasteiger partial charge is 0.191 e. The first-order valence-electron chi connectivity index (χ1n) is 14.1. The summed E-state index contributed by atoms with van der Waals surface area (Å²) in [5.74, 6) is 2.66. The zero-order chi connectivity index (χ0) is 29.1. The van der Waals surface area contributed by atoms with Gasteiger partial charge in [0.15, 0.2) is 5.69 Å². The molecule has 0 saturated heterocycles. The second-order valence-electron chi connectivity index (χ2n) is 11.5. The van der Waals surface area contributed by atoms with Gasteiger partial charge >= 0.3 is 0 Å². The van der Waals surface area contributed by atoms with E-state index in [1.807, 2.05) is 64.1 Å². The van der Waals surface area contributed by atoms with E-state index in [0.717, 1.165) is 78.6 Å². The standard InChI is InChI=1S/C38H28N2O2/c1-21-6-10-26-33(14-21)41-34-15-22(2)7-11-27(34)37(26)30-19-32(40-5)31(18-25(30)20-39)38-28-12-8-23(3)16-35(28)42-36-17-24(4)9-13-29(36)38/h6-19,37-38H,1-4H3. The second-order valence-corrected chi connectivity index (χ2v) is 11.5. The third kappa shape index (κ3) is 4.04. The Morgan fingerprint density at radius 3 is 1.29 bits per heavy atom. The predicted octanol–water partition coefficient (Wildman–Crippen LogP) is 9.91. The highest BCUT2D eigenvalue weighted by molar-refractivity contribution is 5.71. The maximum absolute atomic E-state index is 10.6. The minimum Gasteiger partial charge on any atom is -0.457 e. The normalized spacial score (nSPS) is 13.4. The first-order valence-corrected chi connectivity index (χ1v) is 14.1. The fraction of sp³-hybridized carbons (Fsp3) is 0.158. The third-order valence-electron chi connectivity index (χ3n) is 8.42. The molecule has 0 fully saturated rings. The van der Waals surface area contributed by atoms with Gasteiger partial charge in [0.2, 0.25) is 0 Å². The molecule has 5 aromatic carbocycles. The molecule has 2 heterocycles. The van der Waals surface area contributed by atoms with E-state index in [-0.39, 0.29) is 11.8 Å². The van der Waals surface area contributed by atoms with E-state index in [1.54, 1.807) is 0 Å². The Labute approximate surface area is 246 Å². The summed E-state index contributed by atoms with van der Waals surface area (Å²) >= 11 is 0. The maximum atomic E-state index is 10.6. The van der Waals surface area contributed by atoms with Crippen molar-refractivity contribution in [3.8, 4) is 29.1 Å². The number of hydrogen-bond acceptors (Lipinski definition) is 3. The van der Waals surface area contributed by atoms with Crippen molar-refractivity contribution >= 4 is 5.69 Å². The van der Waals surface area contributed by atoms with E-state index >= 15 is 0 Å². The Balaban J connectivity index is 1.48. The topological polar surface area (TPSA) is 46.6 Å². The summed E-state index contributed by atoms with van der Waals surface area (Å²) in [7, 11) is 0. The SMILES string of the molecule is [C-]#[N+]c1cc(C2c3ccc(C)cc3Oc3cc(C)ccc32)c(C#N)cc1C1c2ccc(C)cc2Oc2cc(C)ccc21. The van der Waals surface area contributed by atoms with E-state index < -0.39 is 0 Å². The molecule has 0 amide bonds. The van der Waals surface area contributed by atoms with Crippen LogP contribution in [0.4, 0.5) is 5.69 Å². The van der Waals surface area contributed by atoms with Crippen LogP contribution in [0.15, 0.2) is 84.9 Å². The lowest BCUT2D eigenvalue weighted by Gasteiger charge is -2.32. The predicted molar refractivity (Wildman–Crippen MR) is 164 cm³/mol. The fourth-order valence-electron chi connectivity index (χ4n) is 6.40. The van der Waals surface area contributed by atoms with Crippen LogP contribution in [0.3, 0.4) is 0 Å². The van der Waals surface area contributed by atoms with Crippen molar-refractivity contribution in [1.82, 2.24) is 0 Å². The summed E-state index contributed by atoms with van der Waals surface area (Å²) in [6.45, 7) is 16.5. The van der Waals surface area contributed by atoms with Gasteiger partial charge in [-0.15, -0.1) is 0 Å². The number of hydrogen-bond donors (Lipinski definition) is 0. The van der Waals surface area contributed by atoms with Crippen LogP contribution in [0.25, 0.3) is 4.85 Å². The molecule has 4 nitrogen and oxygen atoms in total. The molecular weight excluding hydrogens is 516 g/mol. The zero-order valence-electron chi connectivity index (χ0n) is 23.9. The van der Waals surface area contributed by atoms with Crippen LogP contribution in [0.2, 0.25) is 0 Å². The van der Waals surface area contributed by atoms with Crippen molar-refractivity contribution in [2.75, 3.05) is 0 Å². The highest BCUT2D eigenvalue weighted by atomic mass is 16.5. The van der Waals surface area contributed by atoms with Crippen molar-refractivity contribution in [2.45, 2.75) is 39.5 Å². The fourth-order valence-corrected chi connectivity index (χ4v) is 6.40. The first-order chi connectivity index (χ1) is 20.3. The number of ether oxygens (including phenoxy) is 2. The van der Waals surface area contributed by atoms with Gasteiger partial charge in [-0.3, -0.25) is 0 Å². The summed E-state index contributed by atoms with van der Waals surface area (Å²) in [6.07, 6.45) is 0. The molecule has 0 radical (unpaired) electrons. The Hall–Kier alpha value is -5.32. The van der Waals surface area contributed by atoms with Crippen molar-refractivity contribution in [3.05, 3.63) is 158 Å². The van der Waals surface area contributed by atoms with Gasteiger partial charge in [0, 0.05) is 34.1 Å². The minimum absolute atomic E-state index is 0.241. The molecule has 202 valence electrons. The van der Waals surface area contributed by atoms with Gasteiger partial charge in [-0.05, 0) is 85.3 Å². The first kappa shape index (κ1) is 25.6. The Morgan fingerprint density at radius 2 is 0.929 bits per heavy atom. The van der Waals surface area contributed by atoms with E-state index in [1.165, 1.54) is 0 Å². The number of nitrogens with zero attached hydrogens (tertiary/aromatic N) is 2. The molecule has 0 aromatic heterocycles. The highest BCUT2D eigenvalue weighted by Gasteiger charge is 2.34. The summed E-state index contributed by atoms with van der Waals surface area (Å²) in [6, 6.07) is 31.2. The Bertz CT molecular complexity index is 1780. The number of rotatable bonds is 2. The monoisotopic (exact) mass is 544 g/mol. The third-order valence-corrected chi connectivity index (χ3v) is 8.42. The molecule has 4 heteroatoms. The molecule has 0 N–H and O–H groups in total. The summed E-state index contributed by atoms with van der Waals surface area (Å²) in [4.78, 5) is 4.07. The molecule has 0 unspecified atom stereocenters. The van der Waals surface area contributed by atoms with Crippen LogP contribution >= 0.6 is 0 Å². The average Bonchev–Trinajstić information content (AvgIpc) is 2.97. The summed E-state index contributed by atoms with van der Waals surface area (Å²) in [5, 5.41) is 10.6. The lowest BCUT2D eigenvalue weighted by atomic mass is 9.76. The van der Waals surface area contributed by atoms with Crippen molar-refractivity contribution in [3.63, 3.8) is 0 Å². The molecule has 2 aliphatic rings. The number of aryl methyl sites for hydroxylation is 4. The van der Waals surface area contributed by atoms with Crippen LogP contribution in [0.5, 0.6) is 23.0 Å². The molecular formula is C38H28N2O2. The zero-order valence-corrected chi connectivity index (χ0v) is 23.9. The molecule has 2 aliphatic heterocycles. The number of fused-ring (bicyclic) bond motifs is 4. The molecule has 0 bridgehead atoms. The van der Waals surface area contributed by atoms with E-state index in [9.17, 15) is 5.26 Å². The molecule has 0 spiro atoms. The molecule has 0 saturated carbocycles. The lowest BCUT2D eigenvalue weighted by molar-refractivity contribution is 0.451. The van der Waals surface area contributed by atoms with Crippen LogP contribution in [0, 0.1) is 45.6 Å². The van der Waals surface area contributed by atoms with Gasteiger partial charge in [-0.1, -0.05) is 60.7 Å². The van der Waals surface area contributed by atoms with Gasteiger partial charge in [0.05, 0.1) is 18.2 Å². The van der Waals surface area contributed by atoms with E-state index in [4.69, 9.17) is 16.0 Å². The van der Waals surface area contributed by atoms with Crippen LogP contribution in [0.1, 0.15) is 73.0 Å². The molecule has 5 aromatic rings. The number of benzene rings is 5. The molecule has 42 heavy (non-hydrogen) atoms. The van der Waals surface area contributed by atoms with Crippen LogP contribution in [-0.2, 0) is 0 Å². The maximum Gasteiger partial charge on any atom is 0.191 e. The summed E-state index contributed by atoms with van der Waals surface area (Å²) < 4.78 is 12.8. The van der Waals surface area contributed by atoms with Gasteiger partial charge in [0.1, 0.15) is 23.0 Å². The summed E-state index contributed by atoms with van der Waals surface area (Å²) in [5.41, 5.74) is 11.1. The van der Waals surface area contributed by atoms with E-state index in [2.05, 4.69) is 59.4 Å². The lowest BCUT2D eigenvalue weighted by Crippen LogP contribution is -2.15. The second kappa shape index (κ2) is 9.65. The number of nitriles is 1. The van der Waals surface area contributed by atoms with Crippen LogP contribution < -0.4 is 9.47 Å². The quantitative estimate of drug-likeness (QED) is 0.204. The van der Waals surface area contributed by atoms with Gasteiger partial charge in [0.25, 0.3) is 0 Å². The van der Waals surface area contributed by atoms with Crippen LogP contribution in [-0.4, -0.2) is 0 Å². The van der Waals surface area contributed by atoms with Gasteiger partial charge in [-0.2, -0.15) is 5.26 Å².